The zero-order chi connectivity index (χ0) is 17.4. The van der Waals surface area contributed by atoms with Gasteiger partial charge < -0.3 is 9.84 Å². The van der Waals surface area contributed by atoms with E-state index in [0.717, 1.165) is 4.88 Å². The lowest BCUT2D eigenvalue weighted by Crippen LogP contribution is -2.05. The van der Waals surface area contributed by atoms with Gasteiger partial charge in [-0.2, -0.15) is 0 Å². The van der Waals surface area contributed by atoms with E-state index in [1.165, 1.54) is 16.0 Å². The van der Waals surface area contributed by atoms with E-state index >= 15 is 0 Å². The fraction of sp³-hybridized carbons (Fsp3) is 0.0667. The van der Waals surface area contributed by atoms with E-state index in [2.05, 4.69) is 5.10 Å². The van der Waals surface area contributed by atoms with Crippen molar-refractivity contribution in [2.24, 2.45) is 0 Å². The molecule has 9 heteroatoms. The predicted molar refractivity (Wildman–Crippen MR) is 95.3 cm³/mol. The highest BCUT2D eigenvalue weighted by Crippen LogP contribution is 2.39. The van der Waals surface area contributed by atoms with Gasteiger partial charge in [-0.25, -0.2) is 9.48 Å². The van der Waals surface area contributed by atoms with Crippen molar-refractivity contribution in [2.75, 3.05) is 0 Å². The minimum absolute atomic E-state index is 0.0203. The van der Waals surface area contributed by atoms with Crippen molar-refractivity contribution >= 4 is 52.3 Å². The summed E-state index contributed by atoms with van der Waals surface area (Å²) in [7, 11) is 0. The first-order valence-corrected chi connectivity index (χ1v) is 8.53. The van der Waals surface area contributed by atoms with Crippen LogP contribution in [0.2, 0.25) is 14.4 Å². The Hall–Kier alpha value is -1.73. The zero-order valence-corrected chi connectivity index (χ0v) is 15.2. The Morgan fingerprint density at radius 1 is 1.25 bits per heavy atom. The van der Waals surface area contributed by atoms with Gasteiger partial charge in [0.2, 0.25) is 5.88 Å². The first kappa shape index (κ1) is 17.1. The van der Waals surface area contributed by atoms with E-state index in [0.29, 0.717) is 31.3 Å². The first-order chi connectivity index (χ1) is 11.4. The third kappa shape index (κ3) is 3.23. The second-order valence-corrected chi connectivity index (χ2v) is 7.32. The second-order valence-electron chi connectivity index (χ2n) is 4.76. The van der Waals surface area contributed by atoms with Gasteiger partial charge in [0.1, 0.15) is 0 Å². The lowest BCUT2D eigenvalue weighted by molar-refractivity contribution is 0.142. The number of hydrogen-bond donors (Lipinski definition) is 1. The standard InChI is InChI=1S/C15H9Cl3N2O3S/c1-7-13(11-4-5-12(18)24-11)20(19-14(7)23-15(21)22)10-3-2-8(16)6-9(10)17/h2-6H,1H3,(H,21,22). The average Bonchev–Trinajstić information content (AvgIpc) is 3.03. The van der Waals surface area contributed by atoms with Crippen LogP contribution in [0.1, 0.15) is 5.56 Å². The van der Waals surface area contributed by atoms with Crippen LogP contribution < -0.4 is 4.74 Å². The van der Waals surface area contributed by atoms with Crippen LogP contribution in [0.5, 0.6) is 5.88 Å². The maximum Gasteiger partial charge on any atom is 0.512 e. The molecule has 124 valence electrons. The molecule has 1 aromatic carbocycles. The number of nitrogens with zero attached hydrogens (tertiary/aromatic N) is 2. The number of ether oxygens (including phenoxy) is 1. The van der Waals surface area contributed by atoms with Gasteiger partial charge >= 0.3 is 6.16 Å². The third-order valence-electron chi connectivity index (χ3n) is 3.21. The van der Waals surface area contributed by atoms with Crippen molar-refractivity contribution in [3.63, 3.8) is 0 Å². The molecule has 0 saturated heterocycles. The number of aromatic nitrogens is 2. The number of thiophene rings is 1. The van der Waals surface area contributed by atoms with E-state index in [4.69, 9.17) is 44.6 Å². The average molecular weight is 404 g/mol. The van der Waals surface area contributed by atoms with E-state index in [-0.39, 0.29) is 5.88 Å². The van der Waals surface area contributed by atoms with Crippen LogP contribution in [0.15, 0.2) is 30.3 Å². The Morgan fingerprint density at radius 3 is 2.58 bits per heavy atom. The molecule has 1 N–H and O–H groups in total. The highest BCUT2D eigenvalue weighted by molar-refractivity contribution is 7.19. The van der Waals surface area contributed by atoms with Gasteiger partial charge in [0, 0.05) is 10.6 Å². The van der Waals surface area contributed by atoms with Crippen LogP contribution in [-0.2, 0) is 0 Å². The molecule has 0 aliphatic heterocycles. The van der Waals surface area contributed by atoms with E-state index in [1.54, 1.807) is 31.2 Å². The molecule has 0 amide bonds. The molecule has 0 spiro atoms. The molecule has 0 atom stereocenters. The first-order valence-electron chi connectivity index (χ1n) is 6.58. The number of rotatable bonds is 3. The molecule has 2 heterocycles. The summed E-state index contributed by atoms with van der Waals surface area (Å²) in [6.07, 6.45) is -1.44. The molecule has 5 nitrogen and oxygen atoms in total. The van der Waals surface area contributed by atoms with Gasteiger partial charge in [-0.3, -0.25) is 0 Å². The second kappa shape index (κ2) is 6.64. The molecule has 2 aromatic heterocycles. The summed E-state index contributed by atoms with van der Waals surface area (Å²) in [5, 5.41) is 14.0. The van der Waals surface area contributed by atoms with Gasteiger partial charge in [-0.1, -0.05) is 34.8 Å². The summed E-state index contributed by atoms with van der Waals surface area (Å²) in [6, 6.07) is 8.52. The fourth-order valence-corrected chi connectivity index (χ4v) is 3.83. The van der Waals surface area contributed by atoms with Gasteiger partial charge in [-0.05, 0) is 37.3 Å². The predicted octanol–water partition coefficient (Wildman–Crippen LogP) is 5.93. The molecule has 0 radical (unpaired) electrons. The summed E-state index contributed by atoms with van der Waals surface area (Å²) >= 11 is 19.6. The maximum atomic E-state index is 10.9. The molecule has 0 aliphatic rings. The highest BCUT2D eigenvalue weighted by Gasteiger charge is 2.22. The van der Waals surface area contributed by atoms with Crippen molar-refractivity contribution in [3.8, 4) is 22.1 Å². The maximum absolute atomic E-state index is 10.9. The number of hydrogen-bond acceptors (Lipinski definition) is 4. The van der Waals surface area contributed by atoms with Crippen LogP contribution in [0.4, 0.5) is 4.79 Å². The van der Waals surface area contributed by atoms with Crippen LogP contribution in [-0.4, -0.2) is 21.0 Å². The van der Waals surface area contributed by atoms with Gasteiger partial charge in [0.05, 0.1) is 25.6 Å². The quantitative estimate of drug-likeness (QED) is 0.551. The Labute approximate surface area is 156 Å². The summed E-state index contributed by atoms with van der Waals surface area (Å²) < 4.78 is 6.89. The minimum atomic E-state index is -1.44. The van der Waals surface area contributed by atoms with E-state index in [9.17, 15) is 4.79 Å². The van der Waals surface area contributed by atoms with Crippen molar-refractivity contribution in [3.05, 3.63) is 50.3 Å². The minimum Gasteiger partial charge on any atom is -0.449 e. The molecular formula is C15H9Cl3N2O3S. The number of halogens is 3. The van der Waals surface area contributed by atoms with Crippen molar-refractivity contribution in [1.82, 2.24) is 9.78 Å². The number of benzene rings is 1. The summed E-state index contributed by atoms with van der Waals surface area (Å²) in [6.45, 7) is 1.72. The molecule has 0 saturated carbocycles. The number of carboxylic acid groups (broad SMARTS) is 1. The van der Waals surface area contributed by atoms with E-state index in [1.807, 2.05) is 6.07 Å². The Morgan fingerprint density at radius 2 is 2.00 bits per heavy atom. The molecule has 0 bridgehead atoms. The fourth-order valence-electron chi connectivity index (χ4n) is 2.21. The summed E-state index contributed by atoms with van der Waals surface area (Å²) in [5.41, 5.74) is 1.75. The van der Waals surface area contributed by atoms with Crippen LogP contribution in [0.25, 0.3) is 16.3 Å². The third-order valence-corrected chi connectivity index (χ3v) is 4.98. The Kier molecular flexibility index (Phi) is 4.73. The lowest BCUT2D eigenvalue weighted by Gasteiger charge is -2.08. The normalized spacial score (nSPS) is 10.8. The van der Waals surface area contributed by atoms with Crippen molar-refractivity contribution in [2.45, 2.75) is 6.92 Å². The molecule has 0 fully saturated rings. The van der Waals surface area contributed by atoms with Gasteiger partial charge in [0.25, 0.3) is 0 Å². The smallest absolute Gasteiger partial charge is 0.449 e. The Bertz CT molecular complexity index is 936. The van der Waals surface area contributed by atoms with Crippen LogP contribution in [0.3, 0.4) is 0 Å². The lowest BCUT2D eigenvalue weighted by atomic mass is 10.2. The number of carbonyl (C=O) groups is 1. The topological polar surface area (TPSA) is 64.3 Å². The van der Waals surface area contributed by atoms with Crippen LogP contribution in [0, 0.1) is 6.92 Å². The summed E-state index contributed by atoms with van der Waals surface area (Å²) in [5.74, 6) is -0.0203. The molecule has 24 heavy (non-hydrogen) atoms. The molecule has 3 aromatic rings. The SMILES string of the molecule is Cc1c(OC(=O)O)nn(-c2ccc(Cl)cc2Cl)c1-c1ccc(Cl)s1. The van der Waals surface area contributed by atoms with Crippen LogP contribution >= 0.6 is 46.1 Å². The van der Waals surface area contributed by atoms with Gasteiger partial charge in [0.15, 0.2) is 0 Å². The van der Waals surface area contributed by atoms with Crippen molar-refractivity contribution < 1.29 is 14.6 Å². The summed E-state index contributed by atoms with van der Waals surface area (Å²) in [4.78, 5) is 11.7. The zero-order valence-electron chi connectivity index (χ0n) is 12.1. The molecule has 0 aliphatic carbocycles. The largest absolute Gasteiger partial charge is 0.512 e. The molecule has 3 rings (SSSR count). The van der Waals surface area contributed by atoms with Gasteiger partial charge in [-0.15, -0.1) is 16.4 Å². The Balaban J connectivity index is 2.25. The van der Waals surface area contributed by atoms with E-state index < -0.39 is 6.16 Å². The highest BCUT2D eigenvalue weighted by atomic mass is 35.5. The molecule has 0 unspecified atom stereocenters. The monoisotopic (exact) mass is 402 g/mol. The molecular weight excluding hydrogens is 395 g/mol. The van der Waals surface area contributed by atoms with Crippen molar-refractivity contribution in [1.29, 1.82) is 0 Å².